The maximum Gasteiger partial charge on any atom is 0.0743 e. The zero-order valence-electron chi connectivity index (χ0n) is 13.7. The smallest absolute Gasteiger partial charge is 0.0743 e. The van der Waals surface area contributed by atoms with Gasteiger partial charge in [0, 0.05) is 18.9 Å². The molecular formula is C18H27N3. The van der Waals surface area contributed by atoms with Gasteiger partial charge in [0.2, 0.25) is 0 Å². The highest BCUT2D eigenvalue weighted by molar-refractivity contribution is 5.82. The Bertz CT molecular complexity index is 608. The molecule has 21 heavy (non-hydrogen) atoms. The van der Waals surface area contributed by atoms with E-state index in [9.17, 15) is 0 Å². The highest BCUT2D eigenvalue weighted by atomic mass is 15.3. The third-order valence-electron chi connectivity index (χ3n) is 3.65. The molecule has 0 fully saturated rings. The first-order valence-corrected chi connectivity index (χ1v) is 7.85. The van der Waals surface area contributed by atoms with Crippen LogP contribution in [0.5, 0.6) is 0 Å². The van der Waals surface area contributed by atoms with E-state index in [1.165, 1.54) is 22.2 Å². The summed E-state index contributed by atoms with van der Waals surface area (Å²) in [5.74, 6) is 0.718. The third-order valence-corrected chi connectivity index (χ3v) is 3.65. The number of nitrogens with zero attached hydrogens (tertiary/aromatic N) is 2. The van der Waals surface area contributed by atoms with Crippen LogP contribution < -0.4 is 5.32 Å². The van der Waals surface area contributed by atoms with Crippen LogP contribution in [0, 0.1) is 5.92 Å². The largest absolute Gasteiger partial charge is 0.316 e. The standard InChI is InChI=1S/C18H27N3/c1-14(2)13-19-11-7-8-15(3)12-17-16-9-5-6-10-18(16)21(4)20-17/h5-6,8-10,14,19H,7,11-13H2,1-4H3. The Morgan fingerprint density at radius 3 is 2.86 bits per heavy atom. The number of hydrogen-bond donors (Lipinski definition) is 1. The zero-order valence-corrected chi connectivity index (χ0v) is 13.7. The molecule has 0 aliphatic carbocycles. The van der Waals surface area contributed by atoms with E-state index in [0.717, 1.165) is 31.8 Å². The van der Waals surface area contributed by atoms with E-state index < -0.39 is 0 Å². The summed E-state index contributed by atoms with van der Waals surface area (Å²) in [6.45, 7) is 8.82. The van der Waals surface area contributed by atoms with Crippen molar-refractivity contribution >= 4 is 10.9 Å². The van der Waals surface area contributed by atoms with Crippen molar-refractivity contribution in [3.8, 4) is 0 Å². The molecule has 0 spiro atoms. The number of fused-ring (bicyclic) bond motifs is 1. The molecule has 0 saturated heterocycles. The van der Waals surface area contributed by atoms with Gasteiger partial charge >= 0.3 is 0 Å². The predicted octanol–water partition coefficient (Wildman–Crippen LogP) is 3.70. The van der Waals surface area contributed by atoms with E-state index in [4.69, 9.17) is 0 Å². The van der Waals surface area contributed by atoms with Crippen molar-refractivity contribution in [2.75, 3.05) is 13.1 Å². The molecule has 3 heteroatoms. The summed E-state index contributed by atoms with van der Waals surface area (Å²) < 4.78 is 1.97. The van der Waals surface area contributed by atoms with E-state index in [0.29, 0.717) is 0 Å². The van der Waals surface area contributed by atoms with Crippen LogP contribution in [0.1, 0.15) is 32.9 Å². The zero-order chi connectivity index (χ0) is 15.2. The third kappa shape index (κ3) is 4.43. The molecule has 0 aliphatic rings. The second-order valence-corrected chi connectivity index (χ2v) is 6.20. The van der Waals surface area contributed by atoms with Gasteiger partial charge in [0.05, 0.1) is 11.2 Å². The van der Waals surface area contributed by atoms with Crippen molar-refractivity contribution in [3.05, 3.63) is 41.6 Å². The molecule has 2 aromatic rings. The SMILES string of the molecule is CC(=CCCNCC(C)C)Cc1nn(C)c2ccccc12. The van der Waals surface area contributed by atoms with E-state index in [1.54, 1.807) is 0 Å². The first-order valence-electron chi connectivity index (χ1n) is 7.85. The fraction of sp³-hybridized carbons (Fsp3) is 0.500. The van der Waals surface area contributed by atoms with Gasteiger partial charge in [0.25, 0.3) is 0 Å². The van der Waals surface area contributed by atoms with Crippen LogP contribution in [0.2, 0.25) is 0 Å². The number of para-hydroxylation sites is 1. The summed E-state index contributed by atoms with van der Waals surface area (Å²) in [7, 11) is 2.01. The molecule has 2 rings (SSSR count). The molecule has 0 aliphatic heterocycles. The van der Waals surface area contributed by atoms with Crippen LogP contribution >= 0.6 is 0 Å². The topological polar surface area (TPSA) is 29.9 Å². The molecular weight excluding hydrogens is 258 g/mol. The lowest BCUT2D eigenvalue weighted by molar-refractivity contribution is 0.556. The fourth-order valence-electron chi connectivity index (χ4n) is 2.57. The quantitative estimate of drug-likeness (QED) is 0.621. The van der Waals surface area contributed by atoms with Gasteiger partial charge in [-0.1, -0.05) is 43.7 Å². The second-order valence-electron chi connectivity index (χ2n) is 6.20. The van der Waals surface area contributed by atoms with Crippen molar-refractivity contribution < 1.29 is 0 Å². The monoisotopic (exact) mass is 285 g/mol. The van der Waals surface area contributed by atoms with Crippen molar-refractivity contribution in [2.45, 2.75) is 33.6 Å². The fourth-order valence-corrected chi connectivity index (χ4v) is 2.57. The average molecular weight is 285 g/mol. The molecule has 0 bridgehead atoms. The van der Waals surface area contributed by atoms with Gasteiger partial charge in [-0.15, -0.1) is 0 Å². The van der Waals surface area contributed by atoms with Crippen LogP contribution in [-0.4, -0.2) is 22.9 Å². The van der Waals surface area contributed by atoms with E-state index >= 15 is 0 Å². The summed E-state index contributed by atoms with van der Waals surface area (Å²) in [5.41, 5.74) is 3.78. The molecule has 3 nitrogen and oxygen atoms in total. The summed E-state index contributed by atoms with van der Waals surface area (Å²) in [5, 5.41) is 9.40. The molecule has 0 saturated carbocycles. The van der Waals surface area contributed by atoms with Crippen LogP contribution in [0.4, 0.5) is 0 Å². The van der Waals surface area contributed by atoms with Gasteiger partial charge in [0.1, 0.15) is 0 Å². The summed E-state index contributed by atoms with van der Waals surface area (Å²) in [6.07, 6.45) is 4.35. The summed E-state index contributed by atoms with van der Waals surface area (Å²) >= 11 is 0. The number of nitrogens with one attached hydrogen (secondary N) is 1. The first kappa shape index (κ1) is 15.8. The van der Waals surface area contributed by atoms with E-state index in [1.807, 2.05) is 11.7 Å². The van der Waals surface area contributed by atoms with Crippen molar-refractivity contribution in [1.29, 1.82) is 0 Å². The van der Waals surface area contributed by atoms with Crippen molar-refractivity contribution in [2.24, 2.45) is 13.0 Å². The lowest BCUT2D eigenvalue weighted by Gasteiger charge is -2.05. The molecule has 1 aromatic carbocycles. The highest BCUT2D eigenvalue weighted by Crippen LogP contribution is 2.19. The van der Waals surface area contributed by atoms with Crippen molar-refractivity contribution in [3.63, 3.8) is 0 Å². The van der Waals surface area contributed by atoms with Crippen LogP contribution in [0.25, 0.3) is 10.9 Å². The van der Waals surface area contributed by atoms with Gasteiger partial charge in [-0.2, -0.15) is 5.10 Å². The van der Waals surface area contributed by atoms with Gasteiger partial charge in [0.15, 0.2) is 0 Å². The lowest BCUT2D eigenvalue weighted by atomic mass is 10.1. The normalized spacial score (nSPS) is 12.5. The Morgan fingerprint density at radius 2 is 2.10 bits per heavy atom. The van der Waals surface area contributed by atoms with E-state index in [-0.39, 0.29) is 0 Å². The summed E-state index contributed by atoms with van der Waals surface area (Å²) in [6, 6.07) is 8.44. The minimum absolute atomic E-state index is 0.718. The van der Waals surface area contributed by atoms with E-state index in [2.05, 4.69) is 61.5 Å². The molecule has 0 unspecified atom stereocenters. The number of aromatic nitrogens is 2. The van der Waals surface area contributed by atoms with Crippen LogP contribution in [-0.2, 0) is 13.5 Å². The maximum absolute atomic E-state index is 4.66. The Labute approximate surface area is 128 Å². The number of benzene rings is 1. The molecule has 1 heterocycles. The lowest BCUT2D eigenvalue weighted by Crippen LogP contribution is -2.20. The molecule has 1 aromatic heterocycles. The first-order chi connectivity index (χ1) is 10.1. The second kappa shape index (κ2) is 7.41. The van der Waals surface area contributed by atoms with Gasteiger partial charge in [-0.25, -0.2) is 0 Å². The molecule has 114 valence electrons. The molecule has 0 amide bonds. The molecule has 0 atom stereocenters. The predicted molar refractivity (Wildman–Crippen MR) is 90.5 cm³/mol. The van der Waals surface area contributed by atoms with Gasteiger partial charge < -0.3 is 5.32 Å². The van der Waals surface area contributed by atoms with Crippen molar-refractivity contribution in [1.82, 2.24) is 15.1 Å². The number of hydrogen-bond acceptors (Lipinski definition) is 2. The summed E-state index contributed by atoms with van der Waals surface area (Å²) in [4.78, 5) is 0. The molecule has 0 radical (unpaired) electrons. The Morgan fingerprint density at radius 1 is 1.33 bits per heavy atom. The van der Waals surface area contributed by atoms with Crippen LogP contribution in [0.15, 0.2) is 35.9 Å². The Kier molecular flexibility index (Phi) is 5.57. The molecule has 1 N–H and O–H groups in total. The highest BCUT2D eigenvalue weighted by Gasteiger charge is 2.07. The number of aryl methyl sites for hydroxylation is 1. The maximum atomic E-state index is 4.66. The minimum Gasteiger partial charge on any atom is -0.316 e. The van der Waals surface area contributed by atoms with Gasteiger partial charge in [-0.3, -0.25) is 4.68 Å². The minimum atomic E-state index is 0.718. The van der Waals surface area contributed by atoms with Gasteiger partial charge in [-0.05, 0) is 38.4 Å². The Balaban J connectivity index is 1.93. The number of rotatable bonds is 7. The van der Waals surface area contributed by atoms with Crippen LogP contribution in [0.3, 0.4) is 0 Å². The Hall–Kier alpha value is -1.61. The number of allylic oxidation sites excluding steroid dienone is 1. The average Bonchev–Trinajstić information content (AvgIpc) is 2.75.